The van der Waals surface area contributed by atoms with E-state index in [-0.39, 0.29) is 27.1 Å². The van der Waals surface area contributed by atoms with E-state index in [9.17, 15) is 13.2 Å². The standard InChI is InChI=1S/C31H46O6S/c1-8-29(6)18-27(37-28(32)20-36-38(33,34)25-12-10-21(2)11-13-25)30(7)22(3)14-16-31(24(5)23(29)4)15-9-17-35-19-26(30)31/h8,10-13,22-24,26-27H,1,9,14-20H2,2-7H3/t22-,23+,24+,26+,27-,29+,30-,31-/m1/s1. The summed E-state index contributed by atoms with van der Waals surface area (Å²) in [4.78, 5) is 13.3. The maximum atomic E-state index is 13.3. The van der Waals surface area contributed by atoms with Gasteiger partial charge in [0.2, 0.25) is 0 Å². The second-order valence-corrected chi connectivity index (χ2v) is 14.4. The molecule has 2 bridgehead atoms. The van der Waals surface area contributed by atoms with E-state index >= 15 is 0 Å². The maximum absolute atomic E-state index is 13.3. The summed E-state index contributed by atoms with van der Waals surface area (Å²) in [5.41, 5.74) is 0.461. The minimum Gasteiger partial charge on any atom is -0.460 e. The van der Waals surface area contributed by atoms with Gasteiger partial charge in [-0.3, -0.25) is 4.18 Å². The Bertz CT molecular complexity index is 1130. The van der Waals surface area contributed by atoms with E-state index < -0.39 is 28.8 Å². The van der Waals surface area contributed by atoms with Crippen molar-refractivity contribution < 1.29 is 26.9 Å². The van der Waals surface area contributed by atoms with Crippen molar-refractivity contribution >= 4 is 16.1 Å². The van der Waals surface area contributed by atoms with Gasteiger partial charge in [-0.15, -0.1) is 6.58 Å². The average molecular weight is 547 g/mol. The average Bonchev–Trinajstić information content (AvgIpc) is 3.12. The Morgan fingerprint density at radius 2 is 1.82 bits per heavy atom. The number of rotatable bonds is 6. The minimum absolute atomic E-state index is 0.0251. The van der Waals surface area contributed by atoms with E-state index in [0.29, 0.717) is 30.8 Å². The van der Waals surface area contributed by atoms with E-state index in [4.69, 9.17) is 13.7 Å². The van der Waals surface area contributed by atoms with Gasteiger partial charge < -0.3 is 9.47 Å². The molecule has 6 nitrogen and oxygen atoms in total. The molecular weight excluding hydrogens is 500 g/mol. The van der Waals surface area contributed by atoms with Crippen LogP contribution in [-0.2, 0) is 28.6 Å². The number of hydrogen-bond donors (Lipinski definition) is 0. The van der Waals surface area contributed by atoms with Gasteiger partial charge in [0.1, 0.15) is 6.10 Å². The van der Waals surface area contributed by atoms with Gasteiger partial charge in [0.15, 0.2) is 6.61 Å². The van der Waals surface area contributed by atoms with Crippen LogP contribution < -0.4 is 0 Å². The van der Waals surface area contributed by atoms with Crippen LogP contribution in [0.2, 0.25) is 0 Å². The van der Waals surface area contributed by atoms with E-state index in [0.717, 1.165) is 37.9 Å². The first kappa shape index (κ1) is 29.3. The Labute approximate surface area is 229 Å². The van der Waals surface area contributed by atoms with E-state index in [1.807, 2.05) is 13.0 Å². The number of benzene rings is 1. The van der Waals surface area contributed by atoms with Crippen molar-refractivity contribution in [2.45, 2.75) is 84.6 Å². The predicted molar refractivity (Wildman–Crippen MR) is 148 cm³/mol. The zero-order valence-corrected chi connectivity index (χ0v) is 24.8. The molecule has 0 spiro atoms. The number of aryl methyl sites for hydroxylation is 1. The van der Waals surface area contributed by atoms with Gasteiger partial charge >= 0.3 is 5.97 Å². The topological polar surface area (TPSA) is 78.9 Å². The van der Waals surface area contributed by atoms with Crippen molar-refractivity contribution in [2.75, 3.05) is 19.8 Å². The second-order valence-electron chi connectivity index (χ2n) is 12.8. The molecule has 1 aliphatic heterocycles. The first-order chi connectivity index (χ1) is 17.8. The number of allylic oxidation sites excluding steroid dienone is 1. The van der Waals surface area contributed by atoms with E-state index in [1.54, 1.807) is 12.1 Å². The van der Waals surface area contributed by atoms with Crippen LogP contribution in [0.3, 0.4) is 0 Å². The molecule has 1 heterocycles. The van der Waals surface area contributed by atoms with Crippen LogP contribution in [0.5, 0.6) is 0 Å². The highest BCUT2D eigenvalue weighted by molar-refractivity contribution is 7.86. The Morgan fingerprint density at radius 3 is 2.47 bits per heavy atom. The summed E-state index contributed by atoms with van der Waals surface area (Å²) in [5.74, 6) is 0.689. The molecule has 2 aliphatic carbocycles. The molecule has 8 atom stereocenters. The number of esters is 1. The summed E-state index contributed by atoms with van der Waals surface area (Å²) < 4.78 is 43.1. The van der Waals surface area contributed by atoms with Gasteiger partial charge in [-0.1, -0.05) is 58.4 Å². The van der Waals surface area contributed by atoms with Crippen LogP contribution in [0.4, 0.5) is 0 Å². The number of hydrogen-bond acceptors (Lipinski definition) is 6. The molecule has 0 radical (unpaired) electrons. The predicted octanol–water partition coefficient (Wildman–Crippen LogP) is 6.33. The summed E-state index contributed by atoms with van der Waals surface area (Å²) in [6.07, 6.45) is 6.62. The zero-order valence-electron chi connectivity index (χ0n) is 24.0. The lowest BCUT2D eigenvalue weighted by Gasteiger charge is -2.64. The van der Waals surface area contributed by atoms with Crippen molar-refractivity contribution in [3.63, 3.8) is 0 Å². The van der Waals surface area contributed by atoms with Crippen LogP contribution in [0.1, 0.15) is 72.3 Å². The van der Waals surface area contributed by atoms with Gasteiger partial charge in [-0.2, -0.15) is 8.42 Å². The highest BCUT2D eigenvalue weighted by atomic mass is 32.2. The summed E-state index contributed by atoms with van der Waals surface area (Å²) in [6, 6.07) is 6.37. The highest BCUT2D eigenvalue weighted by Crippen LogP contribution is 2.66. The fourth-order valence-corrected chi connectivity index (χ4v) is 8.86. The molecule has 0 aromatic heterocycles. The number of carbonyl (C=O) groups excluding carboxylic acids is 1. The van der Waals surface area contributed by atoms with Gasteiger partial charge in [-0.05, 0) is 85.7 Å². The third-order valence-corrected chi connectivity index (χ3v) is 12.4. The molecule has 4 rings (SSSR count). The van der Waals surface area contributed by atoms with Crippen molar-refractivity contribution in [1.29, 1.82) is 0 Å². The lowest BCUT2D eigenvalue weighted by Crippen LogP contribution is -2.62. The molecule has 1 aromatic carbocycles. The fraction of sp³-hybridized carbons (Fsp3) is 0.710. The Hall–Kier alpha value is -1.70. The van der Waals surface area contributed by atoms with Gasteiger partial charge in [0, 0.05) is 12.0 Å². The Morgan fingerprint density at radius 1 is 1.13 bits per heavy atom. The molecule has 7 heteroatoms. The molecule has 1 aromatic rings. The molecule has 212 valence electrons. The molecule has 2 saturated carbocycles. The maximum Gasteiger partial charge on any atom is 0.333 e. The van der Waals surface area contributed by atoms with Crippen LogP contribution in [-0.4, -0.2) is 40.3 Å². The molecule has 0 N–H and O–H groups in total. The van der Waals surface area contributed by atoms with Crippen LogP contribution in [0.25, 0.3) is 0 Å². The third kappa shape index (κ3) is 4.99. The molecular formula is C31H46O6S. The molecule has 3 fully saturated rings. The normalized spacial score (nSPS) is 39.7. The van der Waals surface area contributed by atoms with Crippen molar-refractivity contribution in [3.8, 4) is 0 Å². The Balaban J connectivity index is 1.66. The first-order valence-electron chi connectivity index (χ1n) is 14.2. The monoisotopic (exact) mass is 546 g/mol. The smallest absolute Gasteiger partial charge is 0.333 e. The SMILES string of the molecule is C=C[C@@]1(C)C[C@@H](OC(=O)COS(=O)(=O)c2ccc(C)cc2)[C@]2(C)[C@H](C)CC[C@]3(CCCOC[C@H]32)[C@@H](C)[C@@H]1C. The van der Waals surface area contributed by atoms with Crippen LogP contribution in [0, 0.1) is 46.8 Å². The quantitative estimate of drug-likeness (QED) is 0.236. The summed E-state index contributed by atoms with van der Waals surface area (Å²) >= 11 is 0. The number of ether oxygens (including phenoxy) is 2. The largest absolute Gasteiger partial charge is 0.460 e. The van der Waals surface area contributed by atoms with Gasteiger partial charge in [-0.25, -0.2) is 4.79 Å². The Kier molecular flexibility index (Phi) is 8.25. The van der Waals surface area contributed by atoms with E-state index in [2.05, 4.69) is 41.2 Å². The highest BCUT2D eigenvalue weighted by Gasteiger charge is 2.64. The molecule has 0 unspecified atom stereocenters. The summed E-state index contributed by atoms with van der Waals surface area (Å²) in [6.45, 7) is 18.4. The van der Waals surface area contributed by atoms with Crippen molar-refractivity contribution in [3.05, 3.63) is 42.5 Å². The lowest BCUT2D eigenvalue weighted by atomic mass is 9.41. The third-order valence-electron chi connectivity index (χ3n) is 11.2. The molecule has 38 heavy (non-hydrogen) atoms. The lowest BCUT2D eigenvalue weighted by molar-refractivity contribution is -0.212. The second kappa shape index (κ2) is 10.7. The van der Waals surface area contributed by atoms with Crippen LogP contribution in [0.15, 0.2) is 41.8 Å². The van der Waals surface area contributed by atoms with Crippen molar-refractivity contribution in [2.24, 2.45) is 39.9 Å². The van der Waals surface area contributed by atoms with Crippen molar-refractivity contribution in [1.82, 2.24) is 0 Å². The molecule has 1 saturated heterocycles. The first-order valence-corrected chi connectivity index (χ1v) is 15.6. The molecule has 3 aliphatic rings. The summed E-state index contributed by atoms with van der Waals surface area (Å²) in [5, 5.41) is 0. The van der Waals surface area contributed by atoms with Gasteiger partial charge in [0.25, 0.3) is 10.1 Å². The zero-order chi connectivity index (χ0) is 27.9. The number of carbonyl (C=O) groups is 1. The summed E-state index contributed by atoms with van der Waals surface area (Å²) in [7, 11) is -4.07. The van der Waals surface area contributed by atoms with E-state index in [1.165, 1.54) is 12.1 Å². The van der Waals surface area contributed by atoms with Gasteiger partial charge in [0.05, 0.1) is 11.5 Å². The molecule has 0 amide bonds. The van der Waals surface area contributed by atoms with Crippen LogP contribution >= 0.6 is 0 Å². The minimum atomic E-state index is -4.07. The fourth-order valence-electron chi connectivity index (χ4n) is 8.00.